The molecule has 0 saturated heterocycles. The molecule has 0 amide bonds. The van der Waals surface area contributed by atoms with Crippen LogP contribution in [0.25, 0.3) is 22.6 Å². The number of nitrogens with one attached hydrogen (secondary N) is 1. The van der Waals surface area contributed by atoms with Crippen LogP contribution in [0.15, 0.2) is 30.5 Å². The van der Waals surface area contributed by atoms with E-state index in [4.69, 9.17) is 17.3 Å². The van der Waals surface area contributed by atoms with Gasteiger partial charge in [-0.25, -0.2) is 9.97 Å². The van der Waals surface area contributed by atoms with Gasteiger partial charge in [0, 0.05) is 17.4 Å². The fourth-order valence-electron chi connectivity index (χ4n) is 1.89. The lowest BCUT2D eigenvalue weighted by molar-refractivity contribution is 1.30. The standard InChI is InChI=1S/C13H11ClN4/c1-7-4-5-16-13-11(7)17-12(18-13)9-6-8(15)2-3-10(9)14/h2-6H,15H2,1H3,(H,16,17,18). The van der Waals surface area contributed by atoms with Gasteiger partial charge < -0.3 is 10.7 Å². The molecule has 3 N–H and O–H groups in total. The Balaban J connectivity index is 2.26. The Bertz CT molecular complexity index is 733. The van der Waals surface area contributed by atoms with E-state index in [1.807, 2.05) is 13.0 Å². The Hall–Kier alpha value is -2.07. The van der Waals surface area contributed by atoms with Crippen LogP contribution in [-0.2, 0) is 0 Å². The summed E-state index contributed by atoms with van der Waals surface area (Å²) >= 11 is 6.16. The third-order valence-corrected chi connectivity index (χ3v) is 3.18. The summed E-state index contributed by atoms with van der Waals surface area (Å²) in [7, 11) is 0. The van der Waals surface area contributed by atoms with Gasteiger partial charge in [-0.05, 0) is 36.8 Å². The van der Waals surface area contributed by atoms with Crippen molar-refractivity contribution >= 4 is 28.5 Å². The monoisotopic (exact) mass is 258 g/mol. The molecule has 2 heterocycles. The Morgan fingerprint density at radius 2 is 2.11 bits per heavy atom. The number of hydrogen-bond acceptors (Lipinski definition) is 3. The van der Waals surface area contributed by atoms with Crippen LogP contribution < -0.4 is 5.73 Å². The molecule has 0 bridgehead atoms. The number of rotatable bonds is 1. The van der Waals surface area contributed by atoms with E-state index in [-0.39, 0.29) is 0 Å². The number of imidazole rings is 1. The number of fused-ring (bicyclic) bond motifs is 1. The average molecular weight is 259 g/mol. The summed E-state index contributed by atoms with van der Waals surface area (Å²) in [4.78, 5) is 11.9. The molecule has 0 atom stereocenters. The predicted molar refractivity (Wildman–Crippen MR) is 73.5 cm³/mol. The van der Waals surface area contributed by atoms with Gasteiger partial charge in [0.15, 0.2) is 5.65 Å². The molecule has 0 aliphatic heterocycles. The lowest BCUT2D eigenvalue weighted by atomic mass is 10.2. The highest BCUT2D eigenvalue weighted by molar-refractivity contribution is 6.33. The van der Waals surface area contributed by atoms with E-state index in [1.165, 1.54) is 0 Å². The summed E-state index contributed by atoms with van der Waals surface area (Å²) in [5.74, 6) is 0.684. The molecule has 1 aromatic carbocycles. The molecule has 2 aromatic heterocycles. The molecule has 5 heteroatoms. The van der Waals surface area contributed by atoms with Crippen molar-refractivity contribution in [3.05, 3.63) is 41.0 Å². The third-order valence-electron chi connectivity index (χ3n) is 2.85. The highest BCUT2D eigenvalue weighted by Crippen LogP contribution is 2.29. The van der Waals surface area contributed by atoms with Crippen molar-refractivity contribution in [3.63, 3.8) is 0 Å². The maximum atomic E-state index is 6.16. The molecule has 3 rings (SSSR count). The highest BCUT2D eigenvalue weighted by Gasteiger charge is 2.11. The predicted octanol–water partition coefficient (Wildman–Crippen LogP) is 3.17. The molecule has 3 aromatic rings. The number of anilines is 1. The van der Waals surface area contributed by atoms with Gasteiger partial charge in [0.25, 0.3) is 0 Å². The lowest BCUT2D eigenvalue weighted by Crippen LogP contribution is -1.88. The Morgan fingerprint density at radius 1 is 1.28 bits per heavy atom. The van der Waals surface area contributed by atoms with E-state index in [9.17, 15) is 0 Å². The van der Waals surface area contributed by atoms with Crippen molar-refractivity contribution in [1.82, 2.24) is 15.0 Å². The van der Waals surface area contributed by atoms with Gasteiger partial charge in [-0.3, -0.25) is 0 Å². The van der Waals surface area contributed by atoms with Gasteiger partial charge >= 0.3 is 0 Å². The maximum absolute atomic E-state index is 6.16. The number of halogens is 1. The number of nitrogens with zero attached hydrogens (tertiary/aromatic N) is 2. The number of hydrogen-bond donors (Lipinski definition) is 2. The summed E-state index contributed by atoms with van der Waals surface area (Å²) < 4.78 is 0. The summed E-state index contributed by atoms with van der Waals surface area (Å²) in [5.41, 5.74) is 9.91. The molecular weight excluding hydrogens is 248 g/mol. The van der Waals surface area contributed by atoms with Gasteiger partial charge in [-0.15, -0.1) is 0 Å². The second kappa shape index (κ2) is 3.99. The number of aromatic amines is 1. The molecule has 0 unspecified atom stereocenters. The van der Waals surface area contributed by atoms with Gasteiger partial charge in [0.1, 0.15) is 5.82 Å². The van der Waals surface area contributed by atoms with Crippen molar-refractivity contribution in [2.45, 2.75) is 6.92 Å². The third kappa shape index (κ3) is 1.71. The normalized spacial score (nSPS) is 11.0. The molecule has 0 aliphatic carbocycles. The smallest absolute Gasteiger partial charge is 0.178 e. The van der Waals surface area contributed by atoms with Crippen LogP contribution in [0.1, 0.15) is 5.56 Å². The number of nitrogens with two attached hydrogens (primary N) is 1. The molecule has 0 radical (unpaired) electrons. The van der Waals surface area contributed by atoms with Gasteiger partial charge in [-0.1, -0.05) is 11.6 Å². The van der Waals surface area contributed by atoms with Gasteiger partial charge in [0.05, 0.1) is 10.5 Å². The minimum atomic E-state index is 0.612. The fraction of sp³-hybridized carbons (Fsp3) is 0.0769. The first-order valence-corrected chi connectivity index (χ1v) is 5.89. The van der Waals surface area contributed by atoms with Crippen LogP contribution >= 0.6 is 11.6 Å². The molecule has 90 valence electrons. The number of benzene rings is 1. The minimum absolute atomic E-state index is 0.612. The van der Waals surface area contributed by atoms with Crippen molar-refractivity contribution in [2.75, 3.05) is 5.73 Å². The zero-order valence-corrected chi connectivity index (χ0v) is 10.5. The minimum Gasteiger partial charge on any atom is -0.399 e. The molecule has 0 aliphatic rings. The molecule has 0 fully saturated rings. The SMILES string of the molecule is Cc1ccnc2nc(-c3cc(N)ccc3Cl)[nH]c12. The van der Waals surface area contributed by atoms with E-state index >= 15 is 0 Å². The molecular formula is C13H11ClN4. The topological polar surface area (TPSA) is 67.6 Å². The largest absolute Gasteiger partial charge is 0.399 e. The van der Waals surface area contributed by atoms with Crippen LogP contribution in [-0.4, -0.2) is 15.0 Å². The van der Waals surface area contributed by atoms with Crippen molar-refractivity contribution < 1.29 is 0 Å². The summed E-state index contributed by atoms with van der Waals surface area (Å²) in [5, 5.41) is 0.612. The van der Waals surface area contributed by atoms with Crippen molar-refractivity contribution in [3.8, 4) is 11.4 Å². The second-order valence-corrected chi connectivity index (χ2v) is 4.56. The van der Waals surface area contributed by atoms with Crippen molar-refractivity contribution in [2.24, 2.45) is 0 Å². The maximum Gasteiger partial charge on any atom is 0.178 e. The Morgan fingerprint density at radius 3 is 2.89 bits per heavy atom. The molecule has 0 saturated carbocycles. The number of H-pyrrole nitrogens is 1. The number of nitrogen functional groups attached to an aromatic ring is 1. The van der Waals surface area contributed by atoms with Crippen molar-refractivity contribution in [1.29, 1.82) is 0 Å². The summed E-state index contributed by atoms with van der Waals surface area (Å²) in [6, 6.07) is 7.26. The zero-order chi connectivity index (χ0) is 12.7. The van der Waals surface area contributed by atoms with E-state index in [0.717, 1.165) is 16.6 Å². The van der Waals surface area contributed by atoms with Crippen LogP contribution in [0.5, 0.6) is 0 Å². The zero-order valence-electron chi connectivity index (χ0n) is 9.74. The van der Waals surface area contributed by atoms with E-state index in [0.29, 0.717) is 22.2 Å². The average Bonchev–Trinajstić information content (AvgIpc) is 2.77. The van der Waals surface area contributed by atoms with Crippen LogP contribution in [0.2, 0.25) is 5.02 Å². The van der Waals surface area contributed by atoms with E-state index in [1.54, 1.807) is 24.4 Å². The second-order valence-electron chi connectivity index (χ2n) is 4.15. The number of aromatic nitrogens is 3. The number of aryl methyl sites for hydroxylation is 1. The Labute approximate surface area is 109 Å². The van der Waals surface area contributed by atoms with Gasteiger partial charge in [0.2, 0.25) is 0 Å². The first-order chi connectivity index (χ1) is 8.65. The quantitative estimate of drug-likeness (QED) is 0.659. The highest BCUT2D eigenvalue weighted by atomic mass is 35.5. The van der Waals surface area contributed by atoms with Gasteiger partial charge in [-0.2, -0.15) is 0 Å². The number of pyridine rings is 1. The first kappa shape index (κ1) is 11.0. The Kier molecular flexibility index (Phi) is 2.45. The summed E-state index contributed by atoms with van der Waals surface area (Å²) in [6.45, 7) is 2.01. The van der Waals surface area contributed by atoms with E-state index < -0.39 is 0 Å². The molecule has 18 heavy (non-hydrogen) atoms. The van der Waals surface area contributed by atoms with Crippen LogP contribution in [0.4, 0.5) is 5.69 Å². The van der Waals surface area contributed by atoms with Crippen LogP contribution in [0, 0.1) is 6.92 Å². The lowest BCUT2D eigenvalue weighted by Gasteiger charge is -2.01. The molecule has 4 nitrogen and oxygen atoms in total. The first-order valence-electron chi connectivity index (χ1n) is 5.52. The summed E-state index contributed by atoms with van der Waals surface area (Å²) in [6.07, 6.45) is 1.74. The van der Waals surface area contributed by atoms with Crippen LogP contribution in [0.3, 0.4) is 0 Å². The fourth-order valence-corrected chi connectivity index (χ4v) is 2.09. The van der Waals surface area contributed by atoms with E-state index in [2.05, 4.69) is 15.0 Å². The molecule has 0 spiro atoms.